The van der Waals surface area contributed by atoms with Gasteiger partial charge in [0.15, 0.2) is 11.5 Å². The van der Waals surface area contributed by atoms with Crippen LogP contribution in [-0.2, 0) is 11.3 Å². The Labute approximate surface area is 126 Å². The summed E-state index contributed by atoms with van der Waals surface area (Å²) in [4.78, 5) is 11.8. The van der Waals surface area contributed by atoms with Gasteiger partial charge in [0, 0.05) is 19.0 Å². The first-order valence-corrected chi connectivity index (χ1v) is 7.48. The molecule has 0 aromatic heterocycles. The van der Waals surface area contributed by atoms with Gasteiger partial charge in [-0.15, -0.1) is 0 Å². The van der Waals surface area contributed by atoms with Gasteiger partial charge in [-0.05, 0) is 38.5 Å². The fourth-order valence-electron chi connectivity index (χ4n) is 2.09. The Balaban J connectivity index is 1.91. The van der Waals surface area contributed by atoms with E-state index >= 15 is 0 Å². The van der Waals surface area contributed by atoms with Crippen LogP contribution in [0.2, 0.25) is 0 Å². The van der Waals surface area contributed by atoms with Crippen molar-refractivity contribution in [3.63, 3.8) is 0 Å². The van der Waals surface area contributed by atoms with E-state index in [1.54, 1.807) is 0 Å². The molecule has 0 spiro atoms. The second-order valence-electron chi connectivity index (χ2n) is 5.60. The summed E-state index contributed by atoms with van der Waals surface area (Å²) in [5.41, 5.74) is 1.07. The molecule has 1 atom stereocenters. The lowest BCUT2D eigenvalue weighted by Gasteiger charge is -2.16. The Morgan fingerprint density at radius 2 is 1.90 bits per heavy atom. The lowest BCUT2D eigenvalue weighted by molar-refractivity contribution is -0.123. The molecule has 5 nitrogen and oxygen atoms in total. The monoisotopic (exact) mass is 292 g/mol. The largest absolute Gasteiger partial charge is 0.490 e. The van der Waals surface area contributed by atoms with Gasteiger partial charge in [0.1, 0.15) is 0 Å². The molecule has 1 aliphatic rings. The van der Waals surface area contributed by atoms with Crippen LogP contribution in [0.4, 0.5) is 0 Å². The Kier molecular flexibility index (Phi) is 5.44. The maximum Gasteiger partial charge on any atom is 0.237 e. The van der Waals surface area contributed by atoms with Gasteiger partial charge < -0.3 is 20.1 Å². The summed E-state index contributed by atoms with van der Waals surface area (Å²) >= 11 is 0. The van der Waals surface area contributed by atoms with E-state index < -0.39 is 0 Å². The number of carbonyl (C=O) groups excluding carboxylic acids is 1. The third-order valence-electron chi connectivity index (χ3n) is 3.25. The van der Waals surface area contributed by atoms with Crippen LogP contribution >= 0.6 is 0 Å². The van der Waals surface area contributed by atoms with Crippen molar-refractivity contribution in [2.45, 2.75) is 45.8 Å². The molecule has 2 N–H and O–H groups in total. The Morgan fingerprint density at radius 1 is 1.19 bits per heavy atom. The molecule has 1 aliphatic heterocycles. The fourth-order valence-corrected chi connectivity index (χ4v) is 2.09. The normalized spacial score (nSPS) is 15.4. The molecule has 0 saturated heterocycles. The highest BCUT2D eigenvalue weighted by Crippen LogP contribution is 2.30. The highest BCUT2D eigenvalue weighted by Gasteiger charge is 2.14. The number of benzene rings is 1. The average molecular weight is 292 g/mol. The van der Waals surface area contributed by atoms with Gasteiger partial charge in [0.05, 0.1) is 19.3 Å². The van der Waals surface area contributed by atoms with Crippen molar-refractivity contribution >= 4 is 5.91 Å². The standard InChI is InChI=1S/C16H24N2O3/c1-11(2)18-16(19)12(3)17-10-13-5-6-14-15(9-13)21-8-4-7-20-14/h5-6,9,11-12,17H,4,7-8,10H2,1-3H3,(H,18,19). The van der Waals surface area contributed by atoms with Crippen LogP contribution in [0.25, 0.3) is 0 Å². The van der Waals surface area contributed by atoms with Crippen molar-refractivity contribution in [1.82, 2.24) is 10.6 Å². The first kappa shape index (κ1) is 15.6. The smallest absolute Gasteiger partial charge is 0.237 e. The van der Waals surface area contributed by atoms with E-state index in [1.165, 1.54) is 0 Å². The predicted molar refractivity (Wildman–Crippen MR) is 81.6 cm³/mol. The van der Waals surface area contributed by atoms with Gasteiger partial charge in [0.2, 0.25) is 5.91 Å². The summed E-state index contributed by atoms with van der Waals surface area (Å²) in [6.45, 7) is 7.75. The molecule has 0 radical (unpaired) electrons. The molecule has 1 heterocycles. The van der Waals surface area contributed by atoms with Crippen molar-refractivity contribution < 1.29 is 14.3 Å². The summed E-state index contributed by atoms with van der Waals surface area (Å²) in [6.07, 6.45) is 0.897. The molecule has 5 heteroatoms. The van der Waals surface area contributed by atoms with Crippen molar-refractivity contribution in [3.8, 4) is 11.5 Å². The van der Waals surface area contributed by atoms with Crippen LogP contribution in [0.3, 0.4) is 0 Å². The zero-order chi connectivity index (χ0) is 15.2. The Bertz CT molecular complexity index is 488. The molecule has 0 aliphatic carbocycles. The average Bonchev–Trinajstić information content (AvgIpc) is 2.68. The van der Waals surface area contributed by atoms with Gasteiger partial charge >= 0.3 is 0 Å². The molecule has 2 rings (SSSR count). The summed E-state index contributed by atoms with van der Waals surface area (Å²) in [5.74, 6) is 1.59. The van der Waals surface area contributed by atoms with E-state index in [0.717, 1.165) is 23.5 Å². The van der Waals surface area contributed by atoms with Gasteiger partial charge in [-0.25, -0.2) is 0 Å². The van der Waals surface area contributed by atoms with Gasteiger partial charge in [0.25, 0.3) is 0 Å². The van der Waals surface area contributed by atoms with Gasteiger partial charge in [-0.3, -0.25) is 4.79 Å². The number of amides is 1. The zero-order valence-corrected chi connectivity index (χ0v) is 12.9. The lowest BCUT2D eigenvalue weighted by atomic mass is 10.2. The van der Waals surface area contributed by atoms with Crippen LogP contribution in [0.15, 0.2) is 18.2 Å². The van der Waals surface area contributed by atoms with Crippen molar-refractivity contribution in [2.75, 3.05) is 13.2 Å². The van der Waals surface area contributed by atoms with E-state index in [-0.39, 0.29) is 18.0 Å². The van der Waals surface area contributed by atoms with Gasteiger partial charge in [-0.2, -0.15) is 0 Å². The van der Waals surface area contributed by atoms with Gasteiger partial charge in [-0.1, -0.05) is 6.07 Å². The molecule has 116 valence electrons. The maximum absolute atomic E-state index is 11.8. The number of nitrogens with one attached hydrogen (secondary N) is 2. The molecule has 1 aromatic carbocycles. The lowest BCUT2D eigenvalue weighted by Crippen LogP contribution is -2.44. The molecule has 0 fully saturated rings. The van der Waals surface area contributed by atoms with Crippen molar-refractivity contribution in [3.05, 3.63) is 23.8 Å². The van der Waals surface area contributed by atoms with E-state index in [4.69, 9.17) is 9.47 Å². The van der Waals surface area contributed by atoms with Crippen LogP contribution in [-0.4, -0.2) is 31.2 Å². The minimum atomic E-state index is -0.233. The quantitative estimate of drug-likeness (QED) is 0.869. The summed E-state index contributed by atoms with van der Waals surface area (Å²) < 4.78 is 11.3. The number of hydrogen-bond acceptors (Lipinski definition) is 4. The van der Waals surface area contributed by atoms with E-state index in [1.807, 2.05) is 39.0 Å². The Hall–Kier alpha value is -1.75. The van der Waals surface area contributed by atoms with Crippen LogP contribution in [0.5, 0.6) is 11.5 Å². The molecular weight excluding hydrogens is 268 g/mol. The SMILES string of the molecule is CC(C)NC(=O)C(C)NCc1ccc2c(c1)OCCCO2. The fraction of sp³-hybridized carbons (Fsp3) is 0.562. The second-order valence-corrected chi connectivity index (χ2v) is 5.60. The number of rotatable bonds is 5. The van der Waals surface area contributed by atoms with E-state index in [9.17, 15) is 4.79 Å². The highest BCUT2D eigenvalue weighted by molar-refractivity contribution is 5.81. The summed E-state index contributed by atoms with van der Waals surface area (Å²) in [5, 5.41) is 6.11. The zero-order valence-electron chi connectivity index (χ0n) is 12.9. The van der Waals surface area contributed by atoms with Crippen LogP contribution in [0, 0.1) is 0 Å². The molecule has 21 heavy (non-hydrogen) atoms. The maximum atomic E-state index is 11.8. The van der Waals surface area contributed by atoms with Crippen molar-refractivity contribution in [2.24, 2.45) is 0 Å². The molecule has 1 aromatic rings. The van der Waals surface area contributed by atoms with E-state index in [0.29, 0.717) is 19.8 Å². The third-order valence-corrected chi connectivity index (χ3v) is 3.25. The van der Waals surface area contributed by atoms with E-state index in [2.05, 4.69) is 10.6 Å². The number of carbonyl (C=O) groups is 1. The summed E-state index contributed by atoms with van der Waals surface area (Å²) in [6, 6.07) is 5.81. The molecule has 0 saturated carbocycles. The summed E-state index contributed by atoms with van der Waals surface area (Å²) in [7, 11) is 0. The Morgan fingerprint density at radius 3 is 2.62 bits per heavy atom. The minimum absolute atomic E-state index is 0.0133. The molecule has 1 amide bonds. The second kappa shape index (κ2) is 7.31. The molecule has 1 unspecified atom stereocenters. The number of hydrogen-bond donors (Lipinski definition) is 2. The highest BCUT2D eigenvalue weighted by atomic mass is 16.5. The van der Waals surface area contributed by atoms with Crippen molar-refractivity contribution in [1.29, 1.82) is 0 Å². The minimum Gasteiger partial charge on any atom is -0.490 e. The third kappa shape index (κ3) is 4.63. The number of fused-ring (bicyclic) bond motifs is 1. The number of ether oxygens (including phenoxy) is 2. The first-order chi connectivity index (χ1) is 10.1. The molecular formula is C16H24N2O3. The molecule has 0 bridgehead atoms. The van der Waals surface area contributed by atoms with Crippen LogP contribution in [0.1, 0.15) is 32.8 Å². The predicted octanol–water partition coefficient (Wildman–Crippen LogP) is 1.85. The topological polar surface area (TPSA) is 59.6 Å². The first-order valence-electron chi connectivity index (χ1n) is 7.48. The van der Waals surface area contributed by atoms with Crippen LogP contribution < -0.4 is 20.1 Å².